The molecular weight excluding hydrogens is 311 g/mol. The fourth-order valence-electron chi connectivity index (χ4n) is 2.42. The molecular formula is C15H24Cl2N2O2. The number of ether oxygens (including phenoxy) is 1. The van der Waals surface area contributed by atoms with Crippen molar-refractivity contribution in [2.24, 2.45) is 0 Å². The highest BCUT2D eigenvalue weighted by atomic mass is 35.5. The van der Waals surface area contributed by atoms with E-state index in [0.29, 0.717) is 12.5 Å². The van der Waals surface area contributed by atoms with Crippen molar-refractivity contribution < 1.29 is 9.53 Å². The van der Waals surface area contributed by atoms with Crippen molar-refractivity contribution in [1.82, 2.24) is 10.2 Å². The molecule has 0 spiro atoms. The van der Waals surface area contributed by atoms with Crippen LogP contribution in [0.5, 0.6) is 0 Å². The zero-order valence-corrected chi connectivity index (χ0v) is 14.1. The van der Waals surface area contributed by atoms with Gasteiger partial charge in [0.15, 0.2) is 0 Å². The fourth-order valence-corrected chi connectivity index (χ4v) is 2.42. The molecule has 0 saturated carbocycles. The van der Waals surface area contributed by atoms with Crippen molar-refractivity contribution in [2.75, 3.05) is 26.7 Å². The second-order valence-electron chi connectivity index (χ2n) is 5.16. The van der Waals surface area contributed by atoms with Gasteiger partial charge < -0.3 is 10.1 Å². The highest BCUT2D eigenvalue weighted by molar-refractivity contribution is 5.85. The van der Waals surface area contributed by atoms with E-state index in [4.69, 9.17) is 0 Å². The van der Waals surface area contributed by atoms with E-state index in [1.54, 1.807) is 0 Å². The average Bonchev–Trinajstić information content (AvgIpc) is 2.41. The molecule has 1 aromatic carbocycles. The molecule has 1 heterocycles. The van der Waals surface area contributed by atoms with Gasteiger partial charge in [-0.1, -0.05) is 24.3 Å². The van der Waals surface area contributed by atoms with Crippen molar-refractivity contribution >= 4 is 30.8 Å². The number of methoxy groups -OCH3 is 1. The molecule has 1 aromatic rings. The summed E-state index contributed by atoms with van der Waals surface area (Å²) in [5, 5.41) is 3.44. The van der Waals surface area contributed by atoms with Gasteiger partial charge >= 0.3 is 5.97 Å². The van der Waals surface area contributed by atoms with Gasteiger partial charge in [0.2, 0.25) is 0 Å². The normalized spacial score (nSPS) is 18.3. The summed E-state index contributed by atoms with van der Waals surface area (Å²) in [4.78, 5) is 13.6. The first kappa shape index (κ1) is 20.2. The minimum absolute atomic E-state index is 0. The number of rotatable bonds is 4. The Kier molecular flexibility index (Phi) is 9.62. The van der Waals surface area contributed by atoms with Gasteiger partial charge in [-0.25, -0.2) is 0 Å². The van der Waals surface area contributed by atoms with Crippen LogP contribution in [0.2, 0.25) is 0 Å². The largest absolute Gasteiger partial charge is 0.469 e. The molecule has 1 aliphatic heterocycles. The Bertz CT molecular complexity index is 426. The molecule has 0 amide bonds. The third-order valence-electron chi connectivity index (χ3n) is 3.46. The lowest BCUT2D eigenvalue weighted by Gasteiger charge is -2.31. The molecule has 120 valence electrons. The molecule has 0 aromatic heterocycles. The van der Waals surface area contributed by atoms with Crippen LogP contribution in [-0.2, 0) is 22.5 Å². The van der Waals surface area contributed by atoms with Crippen molar-refractivity contribution in [1.29, 1.82) is 0 Å². The lowest BCUT2D eigenvalue weighted by Crippen LogP contribution is -2.48. The number of piperazine rings is 1. The minimum Gasteiger partial charge on any atom is -0.469 e. The maximum atomic E-state index is 11.2. The summed E-state index contributed by atoms with van der Waals surface area (Å²) in [6, 6.07) is 8.79. The summed E-state index contributed by atoms with van der Waals surface area (Å²) >= 11 is 0. The van der Waals surface area contributed by atoms with Crippen molar-refractivity contribution in [2.45, 2.75) is 25.9 Å². The van der Waals surface area contributed by atoms with Gasteiger partial charge in [0.1, 0.15) is 0 Å². The van der Waals surface area contributed by atoms with Crippen LogP contribution < -0.4 is 5.32 Å². The molecule has 1 fully saturated rings. The number of benzene rings is 1. The molecule has 21 heavy (non-hydrogen) atoms. The molecule has 2 rings (SSSR count). The topological polar surface area (TPSA) is 41.6 Å². The van der Waals surface area contributed by atoms with E-state index >= 15 is 0 Å². The molecule has 6 heteroatoms. The van der Waals surface area contributed by atoms with Gasteiger partial charge in [0.05, 0.1) is 13.5 Å². The van der Waals surface area contributed by atoms with E-state index in [0.717, 1.165) is 31.7 Å². The average molecular weight is 335 g/mol. The lowest BCUT2D eigenvalue weighted by molar-refractivity contribution is -0.139. The van der Waals surface area contributed by atoms with Gasteiger partial charge in [0.25, 0.3) is 0 Å². The van der Waals surface area contributed by atoms with Crippen LogP contribution in [0.3, 0.4) is 0 Å². The first-order valence-electron chi connectivity index (χ1n) is 6.78. The van der Waals surface area contributed by atoms with Crippen LogP contribution in [-0.4, -0.2) is 43.7 Å². The summed E-state index contributed by atoms with van der Waals surface area (Å²) < 4.78 is 4.66. The van der Waals surface area contributed by atoms with Crippen molar-refractivity contribution in [3.8, 4) is 0 Å². The number of nitrogens with zero attached hydrogens (tertiary/aromatic N) is 1. The first-order valence-corrected chi connectivity index (χ1v) is 6.78. The van der Waals surface area contributed by atoms with Gasteiger partial charge in [-0.15, -0.1) is 24.8 Å². The van der Waals surface area contributed by atoms with Gasteiger partial charge in [-0.2, -0.15) is 0 Å². The smallest absolute Gasteiger partial charge is 0.309 e. The van der Waals surface area contributed by atoms with Gasteiger partial charge in [-0.3, -0.25) is 9.69 Å². The summed E-state index contributed by atoms with van der Waals surface area (Å²) in [5.74, 6) is -0.191. The van der Waals surface area contributed by atoms with Crippen LogP contribution in [0.4, 0.5) is 0 Å². The number of hydrogen-bond acceptors (Lipinski definition) is 4. The van der Waals surface area contributed by atoms with E-state index in [2.05, 4.69) is 34.0 Å². The molecule has 0 unspecified atom stereocenters. The number of carbonyl (C=O) groups excluding carboxylic acids is 1. The van der Waals surface area contributed by atoms with E-state index < -0.39 is 0 Å². The number of esters is 1. The van der Waals surface area contributed by atoms with Gasteiger partial charge in [-0.05, 0) is 18.1 Å². The number of carbonyl (C=O) groups is 1. The molecule has 1 N–H and O–H groups in total. The summed E-state index contributed by atoms with van der Waals surface area (Å²) in [5.41, 5.74) is 2.30. The monoisotopic (exact) mass is 334 g/mol. The summed E-state index contributed by atoms with van der Waals surface area (Å²) in [7, 11) is 1.42. The van der Waals surface area contributed by atoms with Crippen LogP contribution in [0.15, 0.2) is 24.3 Å². The highest BCUT2D eigenvalue weighted by Crippen LogP contribution is 2.10. The van der Waals surface area contributed by atoms with Crippen LogP contribution in [0, 0.1) is 0 Å². The standard InChI is InChI=1S/C15H22N2O2.2ClH/c1-12-10-17(8-7-16-12)11-14-5-3-13(4-6-14)9-15(18)19-2;;/h3-6,12,16H,7-11H2,1-2H3;2*1H/t12-;;/m0../s1. The predicted molar refractivity (Wildman–Crippen MR) is 89.4 cm³/mol. The first-order chi connectivity index (χ1) is 9.17. The molecule has 0 aliphatic carbocycles. The Morgan fingerprint density at radius 1 is 1.29 bits per heavy atom. The fraction of sp³-hybridized carbons (Fsp3) is 0.533. The van der Waals surface area contributed by atoms with Crippen molar-refractivity contribution in [3.05, 3.63) is 35.4 Å². The van der Waals surface area contributed by atoms with E-state index in [-0.39, 0.29) is 30.8 Å². The van der Waals surface area contributed by atoms with E-state index in [9.17, 15) is 4.79 Å². The second kappa shape index (κ2) is 10.0. The zero-order valence-electron chi connectivity index (χ0n) is 12.5. The van der Waals surface area contributed by atoms with Gasteiger partial charge in [0, 0.05) is 32.2 Å². The van der Waals surface area contributed by atoms with Crippen LogP contribution >= 0.6 is 24.8 Å². The predicted octanol–water partition coefficient (Wildman–Crippen LogP) is 2.04. The maximum absolute atomic E-state index is 11.2. The van der Waals surface area contributed by atoms with E-state index in [1.165, 1.54) is 12.7 Å². The quantitative estimate of drug-likeness (QED) is 0.855. The Labute approximate surface area is 139 Å². The third kappa shape index (κ3) is 6.66. The Morgan fingerprint density at radius 2 is 1.90 bits per heavy atom. The molecule has 1 atom stereocenters. The SMILES string of the molecule is COC(=O)Cc1ccc(CN2CCN[C@@H](C)C2)cc1.Cl.Cl. The summed E-state index contributed by atoms with van der Waals surface area (Å²) in [6.45, 7) is 6.43. The minimum atomic E-state index is -0.191. The Hall–Kier alpha value is -0.810. The highest BCUT2D eigenvalue weighted by Gasteiger charge is 2.15. The van der Waals surface area contributed by atoms with Crippen LogP contribution in [0.25, 0.3) is 0 Å². The second-order valence-corrected chi connectivity index (χ2v) is 5.16. The van der Waals surface area contributed by atoms with Crippen molar-refractivity contribution in [3.63, 3.8) is 0 Å². The Morgan fingerprint density at radius 3 is 2.48 bits per heavy atom. The van der Waals surface area contributed by atoms with E-state index in [1.807, 2.05) is 12.1 Å². The van der Waals surface area contributed by atoms with Crippen LogP contribution in [0.1, 0.15) is 18.1 Å². The number of hydrogen-bond donors (Lipinski definition) is 1. The molecule has 0 bridgehead atoms. The summed E-state index contributed by atoms with van der Waals surface area (Å²) in [6.07, 6.45) is 0.349. The Balaban J connectivity index is 0.00000200. The molecule has 1 saturated heterocycles. The maximum Gasteiger partial charge on any atom is 0.309 e. The molecule has 1 aliphatic rings. The number of nitrogens with one attached hydrogen (secondary N) is 1. The number of halogens is 2. The zero-order chi connectivity index (χ0) is 13.7. The molecule has 4 nitrogen and oxygen atoms in total. The third-order valence-corrected chi connectivity index (χ3v) is 3.46. The molecule has 0 radical (unpaired) electrons. The lowest BCUT2D eigenvalue weighted by atomic mass is 10.1.